The van der Waals surface area contributed by atoms with E-state index < -0.39 is 17.7 Å². The highest BCUT2D eigenvalue weighted by molar-refractivity contribution is 6.51. The number of benzene rings is 3. The van der Waals surface area contributed by atoms with Crippen molar-refractivity contribution in [3.05, 3.63) is 94.6 Å². The lowest BCUT2D eigenvalue weighted by molar-refractivity contribution is -0.132. The maximum absolute atomic E-state index is 13.5. The molecule has 38 heavy (non-hydrogen) atoms. The molecule has 1 aliphatic rings. The predicted molar refractivity (Wildman–Crippen MR) is 145 cm³/mol. The smallest absolute Gasteiger partial charge is 0.300 e. The summed E-state index contributed by atoms with van der Waals surface area (Å²) in [6.07, 6.45) is -0.0182. The standard InChI is InChI=1S/C31H30N2O5/c1-18(2)25-16-22(10-15-26(25)37-5)29(34)27-28(21-8-13-24(14-9-21)38-19(3)4)33(31(36)30(27)35)23-11-6-20(17-32)7-12-23/h6-16,18-19,28,34H,1-5H3/b29-27-. The largest absolute Gasteiger partial charge is 0.507 e. The van der Waals surface area contributed by atoms with Gasteiger partial charge in [-0.2, -0.15) is 5.26 Å². The number of carbonyl (C=O) groups is 2. The van der Waals surface area contributed by atoms with Crippen LogP contribution in [0.3, 0.4) is 0 Å². The minimum absolute atomic E-state index is 0.0169. The Kier molecular flexibility index (Phi) is 7.54. The van der Waals surface area contributed by atoms with Gasteiger partial charge in [0, 0.05) is 11.3 Å². The fourth-order valence-corrected chi connectivity index (χ4v) is 4.60. The number of amides is 1. The number of nitriles is 1. The van der Waals surface area contributed by atoms with Gasteiger partial charge in [-0.1, -0.05) is 26.0 Å². The average molecular weight is 511 g/mol. The Morgan fingerprint density at radius 2 is 1.63 bits per heavy atom. The maximum atomic E-state index is 13.5. The van der Waals surface area contributed by atoms with Gasteiger partial charge in [0.05, 0.1) is 36.5 Å². The second-order valence-electron chi connectivity index (χ2n) is 9.67. The first-order valence-electron chi connectivity index (χ1n) is 12.4. The number of hydrogen-bond acceptors (Lipinski definition) is 6. The highest BCUT2D eigenvalue weighted by atomic mass is 16.5. The Bertz CT molecular complexity index is 1430. The van der Waals surface area contributed by atoms with Gasteiger partial charge < -0.3 is 14.6 Å². The van der Waals surface area contributed by atoms with Crippen LogP contribution in [0.25, 0.3) is 5.76 Å². The number of ether oxygens (including phenoxy) is 2. The van der Waals surface area contributed by atoms with E-state index in [0.717, 1.165) is 5.56 Å². The van der Waals surface area contributed by atoms with Crippen LogP contribution in [0.1, 0.15) is 61.9 Å². The second-order valence-corrected chi connectivity index (χ2v) is 9.67. The minimum Gasteiger partial charge on any atom is -0.507 e. The molecule has 7 heteroatoms. The summed E-state index contributed by atoms with van der Waals surface area (Å²) in [5, 5.41) is 20.7. The highest BCUT2D eigenvalue weighted by Crippen LogP contribution is 2.43. The third-order valence-electron chi connectivity index (χ3n) is 6.41. The third kappa shape index (κ3) is 4.98. The van der Waals surface area contributed by atoms with Crippen LogP contribution in [-0.2, 0) is 9.59 Å². The van der Waals surface area contributed by atoms with Crippen LogP contribution < -0.4 is 14.4 Å². The summed E-state index contributed by atoms with van der Waals surface area (Å²) in [4.78, 5) is 28.2. The number of rotatable bonds is 7. The van der Waals surface area contributed by atoms with Gasteiger partial charge in [0.2, 0.25) is 0 Å². The number of ketones is 1. The number of nitrogens with zero attached hydrogens (tertiary/aromatic N) is 2. The summed E-state index contributed by atoms with van der Waals surface area (Å²) >= 11 is 0. The van der Waals surface area contributed by atoms with Gasteiger partial charge in [0.25, 0.3) is 11.7 Å². The Labute approximate surface area is 222 Å². The maximum Gasteiger partial charge on any atom is 0.300 e. The average Bonchev–Trinajstić information content (AvgIpc) is 3.18. The van der Waals surface area contributed by atoms with Crippen molar-refractivity contribution in [2.24, 2.45) is 0 Å². The van der Waals surface area contributed by atoms with E-state index in [9.17, 15) is 20.0 Å². The molecule has 1 amide bonds. The number of anilines is 1. The molecule has 0 aromatic heterocycles. The number of carbonyl (C=O) groups excluding carboxylic acids is 2. The topological polar surface area (TPSA) is 99.9 Å². The first kappa shape index (κ1) is 26.5. The van der Waals surface area contributed by atoms with Crippen LogP contribution in [0, 0.1) is 11.3 Å². The van der Waals surface area contributed by atoms with Gasteiger partial charge in [-0.05, 0) is 85.5 Å². The summed E-state index contributed by atoms with van der Waals surface area (Å²) < 4.78 is 11.2. The van der Waals surface area contributed by atoms with Crippen molar-refractivity contribution in [1.82, 2.24) is 0 Å². The number of methoxy groups -OCH3 is 1. The molecule has 1 aliphatic heterocycles. The number of Topliss-reactive ketones (excluding diaryl/α,β-unsaturated/α-hetero) is 1. The lowest BCUT2D eigenvalue weighted by Crippen LogP contribution is -2.29. The Hall–Kier alpha value is -4.57. The van der Waals surface area contributed by atoms with E-state index in [0.29, 0.717) is 33.9 Å². The van der Waals surface area contributed by atoms with Crippen molar-refractivity contribution < 1.29 is 24.2 Å². The first-order valence-corrected chi connectivity index (χ1v) is 12.4. The first-order chi connectivity index (χ1) is 18.2. The normalized spacial score (nSPS) is 16.7. The van der Waals surface area contributed by atoms with Crippen LogP contribution in [0.15, 0.2) is 72.3 Å². The Morgan fingerprint density at radius 1 is 0.974 bits per heavy atom. The molecule has 1 saturated heterocycles. The van der Waals surface area contributed by atoms with E-state index in [1.54, 1.807) is 73.8 Å². The summed E-state index contributed by atoms with van der Waals surface area (Å²) in [6, 6.07) is 19.9. The van der Waals surface area contributed by atoms with Gasteiger partial charge in [-0.25, -0.2) is 0 Å². The molecule has 0 radical (unpaired) electrons. The lowest BCUT2D eigenvalue weighted by Gasteiger charge is -2.26. The third-order valence-corrected chi connectivity index (χ3v) is 6.41. The summed E-state index contributed by atoms with van der Waals surface area (Å²) in [6.45, 7) is 7.86. The summed E-state index contributed by atoms with van der Waals surface area (Å²) in [7, 11) is 1.58. The predicted octanol–water partition coefficient (Wildman–Crippen LogP) is 6.10. The molecular formula is C31H30N2O5. The molecule has 194 valence electrons. The van der Waals surface area contributed by atoms with Crippen molar-refractivity contribution in [3.8, 4) is 17.6 Å². The van der Waals surface area contributed by atoms with E-state index in [2.05, 4.69) is 6.07 Å². The van der Waals surface area contributed by atoms with Crippen molar-refractivity contribution in [2.75, 3.05) is 12.0 Å². The van der Waals surface area contributed by atoms with Gasteiger partial charge in [-0.15, -0.1) is 0 Å². The molecule has 0 aliphatic carbocycles. The van der Waals surface area contributed by atoms with E-state index in [1.807, 2.05) is 27.7 Å². The zero-order chi connectivity index (χ0) is 27.6. The molecule has 1 heterocycles. The zero-order valence-electron chi connectivity index (χ0n) is 22.1. The Morgan fingerprint density at radius 3 is 2.18 bits per heavy atom. The van der Waals surface area contributed by atoms with E-state index in [1.165, 1.54) is 4.90 Å². The molecule has 7 nitrogen and oxygen atoms in total. The fraction of sp³-hybridized carbons (Fsp3) is 0.258. The quantitative estimate of drug-likeness (QED) is 0.234. The molecule has 3 aromatic carbocycles. The van der Waals surface area contributed by atoms with Crippen molar-refractivity contribution in [3.63, 3.8) is 0 Å². The molecule has 1 unspecified atom stereocenters. The van der Waals surface area contributed by atoms with Gasteiger partial charge in [-0.3, -0.25) is 14.5 Å². The fourth-order valence-electron chi connectivity index (χ4n) is 4.60. The monoisotopic (exact) mass is 510 g/mol. The van der Waals surface area contributed by atoms with Crippen LogP contribution in [0.2, 0.25) is 0 Å². The van der Waals surface area contributed by atoms with Crippen LogP contribution in [0.5, 0.6) is 11.5 Å². The minimum atomic E-state index is -0.888. The van der Waals surface area contributed by atoms with E-state index >= 15 is 0 Å². The molecule has 0 saturated carbocycles. The molecular weight excluding hydrogens is 480 g/mol. The lowest BCUT2D eigenvalue weighted by atomic mass is 9.93. The van der Waals surface area contributed by atoms with E-state index in [-0.39, 0.29) is 23.4 Å². The summed E-state index contributed by atoms with van der Waals surface area (Å²) in [5.41, 5.74) is 2.76. The van der Waals surface area contributed by atoms with Crippen LogP contribution in [-0.4, -0.2) is 30.0 Å². The molecule has 1 fully saturated rings. The molecule has 4 rings (SSSR count). The number of hydrogen-bond donors (Lipinski definition) is 1. The van der Waals surface area contributed by atoms with Gasteiger partial charge >= 0.3 is 0 Å². The molecule has 1 N–H and O–H groups in total. The Balaban J connectivity index is 1.91. The SMILES string of the molecule is COc1ccc(/C(O)=C2/C(=O)C(=O)N(c3ccc(C#N)cc3)C2c2ccc(OC(C)C)cc2)cc1C(C)C. The molecule has 0 bridgehead atoms. The van der Waals surface area contributed by atoms with Crippen molar-refractivity contribution in [1.29, 1.82) is 5.26 Å². The van der Waals surface area contributed by atoms with Crippen molar-refractivity contribution >= 4 is 23.1 Å². The van der Waals surface area contributed by atoms with Crippen molar-refractivity contribution in [2.45, 2.75) is 45.8 Å². The van der Waals surface area contributed by atoms with Gasteiger partial charge in [0.1, 0.15) is 17.3 Å². The molecule has 3 aromatic rings. The highest BCUT2D eigenvalue weighted by Gasteiger charge is 2.47. The molecule has 1 atom stereocenters. The number of aliphatic hydroxyl groups excluding tert-OH is 1. The van der Waals surface area contributed by atoms with Crippen LogP contribution >= 0.6 is 0 Å². The second kappa shape index (κ2) is 10.8. The number of aliphatic hydroxyl groups is 1. The summed E-state index contributed by atoms with van der Waals surface area (Å²) in [5.74, 6) is -0.398. The van der Waals surface area contributed by atoms with E-state index in [4.69, 9.17) is 9.47 Å². The zero-order valence-corrected chi connectivity index (χ0v) is 22.1. The van der Waals surface area contributed by atoms with Gasteiger partial charge in [0.15, 0.2) is 0 Å². The van der Waals surface area contributed by atoms with Crippen LogP contribution in [0.4, 0.5) is 5.69 Å². The molecule has 0 spiro atoms.